The van der Waals surface area contributed by atoms with Crippen LogP contribution in [0.1, 0.15) is 19.8 Å². The summed E-state index contributed by atoms with van der Waals surface area (Å²) in [5.41, 5.74) is 5.52. The number of aliphatic hydroxyl groups is 1. The van der Waals surface area contributed by atoms with Gasteiger partial charge in [-0.05, 0) is 19.8 Å². The predicted octanol–water partition coefficient (Wildman–Crippen LogP) is -0.683. The van der Waals surface area contributed by atoms with E-state index >= 15 is 0 Å². The maximum atomic E-state index is 11.2. The van der Waals surface area contributed by atoms with Crippen LogP contribution < -0.4 is 5.73 Å². The highest BCUT2D eigenvalue weighted by Crippen LogP contribution is 2.09. The smallest absolute Gasteiger partial charge is 0.239 e. The molecule has 70 valence electrons. The Morgan fingerprint density at radius 1 is 1.83 bits per heavy atom. The van der Waals surface area contributed by atoms with Crippen LogP contribution in [-0.4, -0.2) is 41.1 Å². The van der Waals surface area contributed by atoms with E-state index in [1.165, 1.54) is 0 Å². The SMILES string of the molecule is CC(O)CCN1CCC(N)C1=O. The summed E-state index contributed by atoms with van der Waals surface area (Å²) < 4.78 is 0. The lowest BCUT2D eigenvalue weighted by Crippen LogP contribution is -2.35. The molecule has 3 N–H and O–H groups in total. The number of nitrogens with two attached hydrogens (primary N) is 1. The number of likely N-dealkylation sites (tertiary alicyclic amines) is 1. The van der Waals surface area contributed by atoms with Crippen molar-refractivity contribution in [1.29, 1.82) is 0 Å². The van der Waals surface area contributed by atoms with E-state index in [1.54, 1.807) is 11.8 Å². The first-order chi connectivity index (χ1) is 5.61. The van der Waals surface area contributed by atoms with E-state index in [9.17, 15) is 4.79 Å². The van der Waals surface area contributed by atoms with E-state index < -0.39 is 0 Å². The third-order valence-electron chi connectivity index (χ3n) is 2.16. The van der Waals surface area contributed by atoms with Gasteiger partial charge in [0.05, 0.1) is 12.1 Å². The van der Waals surface area contributed by atoms with E-state index in [0.29, 0.717) is 13.0 Å². The second-order valence-corrected chi connectivity index (χ2v) is 3.36. The topological polar surface area (TPSA) is 66.6 Å². The van der Waals surface area contributed by atoms with Gasteiger partial charge in [0.15, 0.2) is 0 Å². The van der Waals surface area contributed by atoms with Gasteiger partial charge in [0.2, 0.25) is 5.91 Å². The van der Waals surface area contributed by atoms with Crippen molar-refractivity contribution >= 4 is 5.91 Å². The zero-order chi connectivity index (χ0) is 9.14. The average Bonchev–Trinajstić information content (AvgIpc) is 2.30. The van der Waals surface area contributed by atoms with Gasteiger partial charge < -0.3 is 15.7 Å². The second kappa shape index (κ2) is 3.87. The highest BCUT2D eigenvalue weighted by Gasteiger charge is 2.27. The van der Waals surface area contributed by atoms with Gasteiger partial charge in [0.25, 0.3) is 0 Å². The minimum atomic E-state index is -0.338. The molecule has 0 aromatic carbocycles. The Kier molecular flexibility index (Phi) is 3.05. The third-order valence-corrected chi connectivity index (χ3v) is 2.16. The fraction of sp³-hybridized carbons (Fsp3) is 0.875. The van der Waals surface area contributed by atoms with Gasteiger partial charge in [-0.1, -0.05) is 0 Å². The van der Waals surface area contributed by atoms with Crippen molar-refractivity contribution in [1.82, 2.24) is 4.90 Å². The lowest BCUT2D eigenvalue weighted by atomic mass is 10.3. The normalized spacial score (nSPS) is 26.4. The zero-order valence-corrected chi connectivity index (χ0v) is 7.36. The molecule has 2 unspecified atom stereocenters. The van der Waals surface area contributed by atoms with E-state index in [-0.39, 0.29) is 18.1 Å². The zero-order valence-electron chi connectivity index (χ0n) is 7.36. The molecule has 0 saturated carbocycles. The molecule has 1 fully saturated rings. The molecular formula is C8H16N2O2. The van der Waals surface area contributed by atoms with Gasteiger partial charge >= 0.3 is 0 Å². The monoisotopic (exact) mass is 172 g/mol. The molecule has 0 aromatic rings. The Hall–Kier alpha value is -0.610. The van der Waals surface area contributed by atoms with Crippen molar-refractivity contribution in [2.24, 2.45) is 5.73 Å². The van der Waals surface area contributed by atoms with Crippen LogP contribution in [-0.2, 0) is 4.79 Å². The first kappa shape index (κ1) is 9.48. The number of aliphatic hydroxyl groups excluding tert-OH is 1. The van der Waals surface area contributed by atoms with Crippen molar-refractivity contribution in [3.63, 3.8) is 0 Å². The fourth-order valence-corrected chi connectivity index (χ4v) is 1.33. The molecule has 4 nitrogen and oxygen atoms in total. The molecular weight excluding hydrogens is 156 g/mol. The largest absolute Gasteiger partial charge is 0.393 e. The summed E-state index contributed by atoms with van der Waals surface area (Å²) in [6.07, 6.45) is 1.05. The van der Waals surface area contributed by atoms with Gasteiger partial charge in [0, 0.05) is 13.1 Å². The maximum Gasteiger partial charge on any atom is 0.239 e. The molecule has 1 rings (SSSR count). The molecule has 4 heteroatoms. The number of carbonyl (C=O) groups excluding carboxylic acids is 1. The van der Waals surface area contributed by atoms with Crippen LogP contribution >= 0.6 is 0 Å². The number of rotatable bonds is 3. The Bertz CT molecular complexity index is 170. The van der Waals surface area contributed by atoms with Crippen LogP contribution in [0.4, 0.5) is 0 Å². The van der Waals surface area contributed by atoms with E-state index in [4.69, 9.17) is 10.8 Å². The number of hydrogen-bond acceptors (Lipinski definition) is 3. The molecule has 0 bridgehead atoms. The lowest BCUT2D eigenvalue weighted by Gasteiger charge is -2.16. The van der Waals surface area contributed by atoms with Gasteiger partial charge in [-0.2, -0.15) is 0 Å². The minimum absolute atomic E-state index is 0.0238. The molecule has 2 atom stereocenters. The van der Waals surface area contributed by atoms with Crippen LogP contribution in [0.3, 0.4) is 0 Å². The van der Waals surface area contributed by atoms with Gasteiger partial charge in [-0.25, -0.2) is 0 Å². The van der Waals surface area contributed by atoms with Gasteiger partial charge in [-0.3, -0.25) is 4.79 Å². The first-order valence-electron chi connectivity index (χ1n) is 4.33. The summed E-state index contributed by atoms with van der Waals surface area (Å²) in [5.74, 6) is 0.0238. The molecule has 0 aliphatic carbocycles. The Labute approximate surface area is 72.3 Å². The standard InChI is InChI=1S/C8H16N2O2/c1-6(11)2-4-10-5-3-7(9)8(10)12/h6-7,11H,2-5,9H2,1H3. The highest BCUT2D eigenvalue weighted by molar-refractivity contribution is 5.83. The summed E-state index contributed by atoms with van der Waals surface area (Å²) in [6.45, 7) is 3.09. The molecule has 1 amide bonds. The molecule has 12 heavy (non-hydrogen) atoms. The second-order valence-electron chi connectivity index (χ2n) is 3.36. The maximum absolute atomic E-state index is 11.2. The van der Waals surface area contributed by atoms with Crippen LogP contribution in [0.2, 0.25) is 0 Å². The lowest BCUT2D eigenvalue weighted by molar-refractivity contribution is -0.128. The van der Waals surface area contributed by atoms with Crippen LogP contribution in [0.15, 0.2) is 0 Å². The molecule has 1 saturated heterocycles. The molecule has 0 spiro atoms. The molecule has 1 aliphatic heterocycles. The predicted molar refractivity (Wildman–Crippen MR) is 45.5 cm³/mol. The van der Waals surface area contributed by atoms with E-state index in [1.807, 2.05) is 0 Å². The summed E-state index contributed by atoms with van der Waals surface area (Å²) in [6, 6.07) is -0.306. The summed E-state index contributed by atoms with van der Waals surface area (Å²) in [7, 11) is 0. The van der Waals surface area contributed by atoms with Crippen molar-refractivity contribution in [2.45, 2.75) is 31.9 Å². The van der Waals surface area contributed by atoms with E-state index in [0.717, 1.165) is 13.0 Å². The van der Waals surface area contributed by atoms with Gasteiger partial charge in [-0.15, -0.1) is 0 Å². The number of nitrogens with zero attached hydrogens (tertiary/aromatic N) is 1. The molecule has 0 radical (unpaired) electrons. The van der Waals surface area contributed by atoms with Crippen molar-refractivity contribution in [3.05, 3.63) is 0 Å². The number of hydrogen-bond donors (Lipinski definition) is 2. The Morgan fingerprint density at radius 2 is 2.50 bits per heavy atom. The van der Waals surface area contributed by atoms with E-state index in [2.05, 4.69) is 0 Å². The highest BCUT2D eigenvalue weighted by atomic mass is 16.3. The molecule has 1 aliphatic rings. The summed E-state index contributed by atoms with van der Waals surface area (Å²) in [5, 5.41) is 9.00. The Balaban J connectivity index is 2.30. The fourth-order valence-electron chi connectivity index (χ4n) is 1.33. The number of carbonyl (C=O) groups is 1. The Morgan fingerprint density at radius 3 is 2.92 bits per heavy atom. The minimum Gasteiger partial charge on any atom is -0.393 e. The van der Waals surface area contributed by atoms with Crippen LogP contribution in [0.5, 0.6) is 0 Å². The quantitative estimate of drug-likeness (QED) is 0.592. The van der Waals surface area contributed by atoms with Crippen molar-refractivity contribution < 1.29 is 9.90 Å². The number of amides is 1. The van der Waals surface area contributed by atoms with Crippen LogP contribution in [0, 0.1) is 0 Å². The molecule has 0 aromatic heterocycles. The van der Waals surface area contributed by atoms with Crippen molar-refractivity contribution in [3.8, 4) is 0 Å². The van der Waals surface area contributed by atoms with Gasteiger partial charge in [0.1, 0.15) is 0 Å². The summed E-state index contributed by atoms with van der Waals surface area (Å²) in [4.78, 5) is 13.0. The molecule has 1 heterocycles. The average molecular weight is 172 g/mol. The summed E-state index contributed by atoms with van der Waals surface area (Å²) >= 11 is 0. The third kappa shape index (κ3) is 2.19. The van der Waals surface area contributed by atoms with Crippen molar-refractivity contribution in [2.75, 3.05) is 13.1 Å². The van der Waals surface area contributed by atoms with Crippen LogP contribution in [0.25, 0.3) is 0 Å². The first-order valence-corrected chi connectivity index (χ1v) is 4.33.